The van der Waals surface area contributed by atoms with Gasteiger partial charge in [0, 0.05) is 21.9 Å². The van der Waals surface area contributed by atoms with Crippen LogP contribution >= 0.6 is 11.6 Å². The Bertz CT molecular complexity index is 1250. The van der Waals surface area contributed by atoms with Crippen LogP contribution < -0.4 is 0 Å². The fourth-order valence-corrected chi connectivity index (χ4v) is 3.48. The summed E-state index contributed by atoms with van der Waals surface area (Å²) in [6, 6.07) is 25.9. The Labute approximate surface area is 154 Å². The average Bonchev–Trinajstić information content (AvgIpc) is 3.07. The van der Waals surface area contributed by atoms with Crippen molar-refractivity contribution in [3.8, 4) is 22.5 Å². The van der Waals surface area contributed by atoms with Gasteiger partial charge in [0.15, 0.2) is 0 Å². The molecule has 5 rings (SSSR count). The number of aromatic nitrogens is 2. The summed E-state index contributed by atoms with van der Waals surface area (Å²) in [6.45, 7) is 0. The van der Waals surface area contributed by atoms with E-state index in [1.807, 2.05) is 72.8 Å². The molecule has 0 radical (unpaired) electrons. The van der Waals surface area contributed by atoms with Gasteiger partial charge in [0.05, 0.1) is 11.4 Å². The quantitative estimate of drug-likeness (QED) is 0.345. The lowest BCUT2D eigenvalue weighted by Gasteiger charge is -2.07. The molecule has 124 valence electrons. The molecule has 0 bridgehead atoms. The topological polar surface area (TPSA) is 38.9 Å². The highest BCUT2D eigenvalue weighted by atomic mass is 35.5. The van der Waals surface area contributed by atoms with Crippen LogP contribution in [-0.2, 0) is 0 Å². The van der Waals surface area contributed by atoms with Crippen LogP contribution in [0.2, 0.25) is 5.28 Å². The molecule has 0 aliphatic rings. The molecule has 0 amide bonds. The largest absolute Gasteiger partial charge is 0.456 e. The zero-order valence-corrected chi connectivity index (χ0v) is 14.4. The standard InChI is InChI=1S/C22H13ClN2O/c23-22-24-17(14-7-2-1-3-8-14)13-18(25-22)15-10-6-12-20-21(15)16-9-4-5-11-19(16)26-20/h1-13H. The molecule has 0 saturated carbocycles. The molecular weight excluding hydrogens is 344 g/mol. The Morgan fingerprint density at radius 2 is 1.42 bits per heavy atom. The third-order valence-corrected chi connectivity index (χ3v) is 4.62. The Morgan fingerprint density at radius 1 is 0.692 bits per heavy atom. The van der Waals surface area contributed by atoms with Gasteiger partial charge in [-0.05, 0) is 29.8 Å². The summed E-state index contributed by atoms with van der Waals surface area (Å²) in [5, 5.41) is 2.33. The van der Waals surface area contributed by atoms with E-state index in [-0.39, 0.29) is 5.28 Å². The van der Waals surface area contributed by atoms with E-state index in [4.69, 9.17) is 16.0 Å². The molecule has 3 aromatic carbocycles. The number of fused-ring (bicyclic) bond motifs is 3. The molecule has 0 aliphatic heterocycles. The van der Waals surface area contributed by atoms with E-state index in [0.717, 1.165) is 44.5 Å². The molecule has 0 saturated heterocycles. The molecule has 0 aliphatic carbocycles. The van der Waals surface area contributed by atoms with Crippen molar-refractivity contribution in [3.63, 3.8) is 0 Å². The summed E-state index contributed by atoms with van der Waals surface area (Å²) in [5.41, 5.74) is 5.25. The summed E-state index contributed by atoms with van der Waals surface area (Å²) in [7, 11) is 0. The smallest absolute Gasteiger partial charge is 0.223 e. The van der Waals surface area contributed by atoms with Crippen molar-refractivity contribution >= 4 is 33.5 Å². The summed E-state index contributed by atoms with van der Waals surface area (Å²) >= 11 is 6.25. The Balaban J connectivity index is 1.80. The van der Waals surface area contributed by atoms with Crippen LogP contribution in [0, 0.1) is 0 Å². The molecule has 2 aromatic heterocycles. The number of furan rings is 1. The molecular formula is C22H13ClN2O. The van der Waals surface area contributed by atoms with Crippen molar-refractivity contribution in [2.24, 2.45) is 0 Å². The van der Waals surface area contributed by atoms with Crippen molar-refractivity contribution < 1.29 is 4.42 Å². The van der Waals surface area contributed by atoms with Crippen LogP contribution in [0.1, 0.15) is 0 Å². The third kappa shape index (κ3) is 2.45. The normalized spacial score (nSPS) is 11.3. The molecule has 0 spiro atoms. The van der Waals surface area contributed by atoms with Crippen molar-refractivity contribution in [3.05, 3.63) is 84.1 Å². The first-order valence-electron chi connectivity index (χ1n) is 8.30. The van der Waals surface area contributed by atoms with Crippen LogP contribution in [0.4, 0.5) is 0 Å². The molecule has 3 nitrogen and oxygen atoms in total. The van der Waals surface area contributed by atoms with Gasteiger partial charge in [-0.25, -0.2) is 9.97 Å². The summed E-state index contributed by atoms with van der Waals surface area (Å²) in [6.07, 6.45) is 0. The van der Waals surface area contributed by atoms with E-state index < -0.39 is 0 Å². The Morgan fingerprint density at radius 3 is 2.31 bits per heavy atom. The highest BCUT2D eigenvalue weighted by Crippen LogP contribution is 2.36. The van der Waals surface area contributed by atoms with Gasteiger partial charge < -0.3 is 4.42 Å². The lowest BCUT2D eigenvalue weighted by Crippen LogP contribution is -1.92. The maximum atomic E-state index is 6.25. The van der Waals surface area contributed by atoms with Crippen molar-refractivity contribution in [1.82, 2.24) is 9.97 Å². The number of para-hydroxylation sites is 1. The van der Waals surface area contributed by atoms with Crippen molar-refractivity contribution in [2.75, 3.05) is 0 Å². The van der Waals surface area contributed by atoms with E-state index >= 15 is 0 Å². The number of hydrogen-bond acceptors (Lipinski definition) is 3. The van der Waals surface area contributed by atoms with Gasteiger partial charge in [0.1, 0.15) is 11.2 Å². The monoisotopic (exact) mass is 356 g/mol. The number of nitrogens with zero attached hydrogens (tertiary/aromatic N) is 2. The van der Waals surface area contributed by atoms with E-state index in [2.05, 4.69) is 16.0 Å². The van der Waals surface area contributed by atoms with Gasteiger partial charge in [0.25, 0.3) is 0 Å². The van der Waals surface area contributed by atoms with Gasteiger partial charge in [-0.3, -0.25) is 0 Å². The van der Waals surface area contributed by atoms with Gasteiger partial charge in [0.2, 0.25) is 5.28 Å². The maximum absolute atomic E-state index is 6.25. The predicted octanol–water partition coefficient (Wildman–Crippen LogP) is 6.36. The van der Waals surface area contributed by atoms with Crippen LogP contribution in [-0.4, -0.2) is 9.97 Å². The Hall–Kier alpha value is -3.17. The molecule has 0 fully saturated rings. The number of benzene rings is 3. The minimum atomic E-state index is 0.228. The second-order valence-electron chi connectivity index (χ2n) is 6.05. The second-order valence-corrected chi connectivity index (χ2v) is 6.39. The van der Waals surface area contributed by atoms with Gasteiger partial charge >= 0.3 is 0 Å². The number of rotatable bonds is 2. The highest BCUT2D eigenvalue weighted by Gasteiger charge is 2.14. The minimum Gasteiger partial charge on any atom is -0.456 e. The van der Waals surface area contributed by atoms with Gasteiger partial charge in [-0.15, -0.1) is 0 Å². The predicted molar refractivity (Wildman–Crippen MR) is 105 cm³/mol. The van der Waals surface area contributed by atoms with Crippen LogP contribution in [0.25, 0.3) is 44.5 Å². The van der Waals surface area contributed by atoms with Gasteiger partial charge in [-0.2, -0.15) is 0 Å². The first kappa shape index (κ1) is 15.1. The second kappa shape index (κ2) is 5.97. The van der Waals surface area contributed by atoms with Crippen molar-refractivity contribution in [1.29, 1.82) is 0 Å². The molecule has 4 heteroatoms. The van der Waals surface area contributed by atoms with E-state index in [1.54, 1.807) is 0 Å². The van der Waals surface area contributed by atoms with Crippen LogP contribution in [0.15, 0.2) is 83.3 Å². The zero-order valence-electron chi connectivity index (χ0n) is 13.7. The third-order valence-electron chi connectivity index (χ3n) is 4.45. The summed E-state index contributed by atoms with van der Waals surface area (Å²) < 4.78 is 5.98. The first-order valence-corrected chi connectivity index (χ1v) is 8.68. The lowest BCUT2D eigenvalue weighted by molar-refractivity contribution is 0.669. The van der Waals surface area contributed by atoms with E-state index in [1.165, 1.54) is 0 Å². The first-order chi connectivity index (χ1) is 12.8. The Kier molecular flexibility index (Phi) is 3.47. The lowest BCUT2D eigenvalue weighted by atomic mass is 10.0. The number of hydrogen-bond donors (Lipinski definition) is 0. The molecule has 0 atom stereocenters. The average molecular weight is 357 g/mol. The SMILES string of the molecule is Clc1nc(-c2ccccc2)cc(-c2cccc3oc4ccccc4c23)n1. The fraction of sp³-hybridized carbons (Fsp3) is 0. The molecule has 0 N–H and O–H groups in total. The molecule has 0 unspecified atom stereocenters. The van der Waals surface area contributed by atoms with Gasteiger partial charge in [-0.1, -0.05) is 60.7 Å². The van der Waals surface area contributed by atoms with E-state index in [0.29, 0.717) is 0 Å². The minimum absolute atomic E-state index is 0.228. The van der Waals surface area contributed by atoms with E-state index in [9.17, 15) is 0 Å². The fourth-order valence-electron chi connectivity index (χ4n) is 3.30. The van der Waals surface area contributed by atoms with Crippen LogP contribution in [0.3, 0.4) is 0 Å². The highest BCUT2D eigenvalue weighted by molar-refractivity contribution is 6.28. The molecule has 2 heterocycles. The summed E-state index contributed by atoms with van der Waals surface area (Å²) in [5.74, 6) is 0. The zero-order chi connectivity index (χ0) is 17.5. The molecule has 26 heavy (non-hydrogen) atoms. The van der Waals surface area contributed by atoms with Crippen LogP contribution in [0.5, 0.6) is 0 Å². The van der Waals surface area contributed by atoms with Crippen molar-refractivity contribution in [2.45, 2.75) is 0 Å². The maximum Gasteiger partial charge on any atom is 0.223 e. The molecule has 5 aromatic rings. The summed E-state index contributed by atoms with van der Waals surface area (Å²) in [4.78, 5) is 8.87. The number of halogens is 1.